The fourth-order valence-corrected chi connectivity index (χ4v) is 5.83. The molecule has 0 saturated carbocycles. The van der Waals surface area contributed by atoms with E-state index in [1.54, 1.807) is 0 Å². The van der Waals surface area contributed by atoms with E-state index in [4.69, 9.17) is 21.3 Å². The fraction of sp³-hybridized carbons (Fsp3) is 0.348. The fourth-order valence-electron chi connectivity index (χ4n) is 3.78. The Morgan fingerprint density at radius 3 is 2.77 bits per heavy atom. The second-order valence-electron chi connectivity index (χ2n) is 7.93. The monoisotopic (exact) mass is 444 g/mol. The van der Waals surface area contributed by atoms with Gasteiger partial charge in [-0.25, -0.2) is 13.4 Å². The maximum Gasteiger partial charge on any atom is 0.218 e. The predicted molar refractivity (Wildman–Crippen MR) is 121 cm³/mol. The van der Waals surface area contributed by atoms with Crippen molar-refractivity contribution in [1.29, 1.82) is 0 Å². The molecule has 4 rings (SSSR count). The first-order chi connectivity index (χ1) is 14.4. The molecule has 0 radical (unpaired) electrons. The van der Waals surface area contributed by atoms with Crippen molar-refractivity contribution in [1.82, 2.24) is 10.3 Å². The van der Waals surface area contributed by atoms with Gasteiger partial charge in [-0.1, -0.05) is 41.4 Å². The molecule has 0 unspecified atom stereocenters. The molecule has 1 fully saturated rings. The quantitative estimate of drug-likeness (QED) is 0.588. The molecule has 30 heavy (non-hydrogen) atoms. The number of rotatable bonds is 7. The van der Waals surface area contributed by atoms with E-state index in [9.17, 15) is 8.42 Å². The highest BCUT2D eigenvalue weighted by atomic mass is 35.5. The van der Waals surface area contributed by atoms with Crippen molar-refractivity contribution < 1.29 is 13.2 Å². The first-order valence-corrected chi connectivity index (χ1v) is 12.3. The smallest absolute Gasteiger partial charge is 0.218 e. The van der Waals surface area contributed by atoms with Crippen molar-refractivity contribution in [3.8, 4) is 5.88 Å². The number of nitrogens with zero attached hydrogens (tertiary/aromatic N) is 1. The minimum Gasteiger partial charge on any atom is -0.472 e. The molecule has 1 aliphatic rings. The third-order valence-corrected chi connectivity index (χ3v) is 7.61. The van der Waals surface area contributed by atoms with Crippen LogP contribution in [-0.2, 0) is 23.0 Å². The lowest BCUT2D eigenvalue weighted by Gasteiger charge is -2.15. The standard InChI is InChI=1S/C23H25ClN2O3S/c1-16-6-7-22-19(10-16)11-20(13-25-12-17-8-9-30(27,28)15-17)23(26-22)29-14-18-4-2-3-5-21(18)24/h2-7,10-11,17,25H,8-9,12-15H2,1H3/t17-/m0/s1. The van der Waals surface area contributed by atoms with Crippen LogP contribution in [0.4, 0.5) is 0 Å². The molecule has 2 heterocycles. The Morgan fingerprint density at radius 1 is 1.17 bits per heavy atom. The number of aromatic nitrogens is 1. The highest BCUT2D eigenvalue weighted by Gasteiger charge is 2.27. The summed E-state index contributed by atoms with van der Waals surface area (Å²) in [6.07, 6.45) is 0.723. The number of hydrogen-bond acceptors (Lipinski definition) is 5. The number of aryl methyl sites for hydroxylation is 1. The van der Waals surface area contributed by atoms with E-state index in [1.165, 1.54) is 5.56 Å². The topological polar surface area (TPSA) is 68.3 Å². The van der Waals surface area contributed by atoms with Crippen LogP contribution in [0.2, 0.25) is 5.02 Å². The lowest BCUT2D eigenvalue weighted by atomic mass is 10.1. The molecule has 1 saturated heterocycles. The van der Waals surface area contributed by atoms with Crippen molar-refractivity contribution in [2.24, 2.45) is 5.92 Å². The molecule has 158 valence electrons. The van der Waals surface area contributed by atoms with Gasteiger partial charge >= 0.3 is 0 Å². The van der Waals surface area contributed by atoms with Gasteiger partial charge in [0.15, 0.2) is 9.84 Å². The molecular weight excluding hydrogens is 420 g/mol. The minimum atomic E-state index is -2.87. The van der Waals surface area contributed by atoms with Crippen molar-refractivity contribution in [2.75, 3.05) is 18.1 Å². The number of halogens is 1. The van der Waals surface area contributed by atoms with E-state index >= 15 is 0 Å². The normalized spacial score (nSPS) is 18.0. The summed E-state index contributed by atoms with van der Waals surface area (Å²) < 4.78 is 29.4. The first kappa shape index (κ1) is 21.1. The Kier molecular flexibility index (Phi) is 6.27. The number of sulfone groups is 1. The zero-order valence-electron chi connectivity index (χ0n) is 16.9. The molecule has 0 spiro atoms. The third-order valence-electron chi connectivity index (χ3n) is 5.41. The Balaban J connectivity index is 1.52. The first-order valence-electron chi connectivity index (χ1n) is 10.1. The van der Waals surface area contributed by atoms with Gasteiger partial charge in [0.25, 0.3) is 0 Å². The SMILES string of the molecule is Cc1ccc2nc(OCc3ccccc3Cl)c(CNC[C@@H]3CCS(=O)(=O)C3)cc2c1. The number of benzene rings is 2. The molecule has 1 N–H and O–H groups in total. The Labute approximate surface area is 182 Å². The molecule has 0 bridgehead atoms. The Bertz CT molecular complexity index is 1160. The van der Waals surface area contributed by atoms with Gasteiger partial charge in [-0.05, 0) is 50.1 Å². The van der Waals surface area contributed by atoms with Crippen LogP contribution in [0.25, 0.3) is 10.9 Å². The predicted octanol–water partition coefficient (Wildman–Crippen LogP) is 4.30. The Hall–Kier alpha value is -2.15. The van der Waals surface area contributed by atoms with Gasteiger partial charge in [-0.3, -0.25) is 0 Å². The molecule has 1 aliphatic heterocycles. The summed E-state index contributed by atoms with van der Waals surface area (Å²) in [5, 5.41) is 5.12. The molecule has 0 aliphatic carbocycles. The van der Waals surface area contributed by atoms with Crippen LogP contribution in [0.5, 0.6) is 5.88 Å². The van der Waals surface area contributed by atoms with E-state index in [2.05, 4.69) is 24.4 Å². The van der Waals surface area contributed by atoms with Crippen LogP contribution < -0.4 is 10.1 Å². The van der Waals surface area contributed by atoms with Crippen LogP contribution in [-0.4, -0.2) is 31.5 Å². The van der Waals surface area contributed by atoms with Gasteiger partial charge in [0, 0.05) is 28.1 Å². The molecular formula is C23H25ClN2O3S. The average molecular weight is 445 g/mol. The maximum absolute atomic E-state index is 11.7. The van der Waals surface area contributed by atoms with Crippen molar-refractivity contribution >= 4 is 32.3 Å². The summed E-state index contributed by atoms with van der Waals surface area (Å²) >= 11 is 6.26. The highest BCUT2D eigenvalue weighted by molar-refractivity contribution is 7.91. The average Bonchev–Trinajstić information content (AvgIpc) is 3.06. The van der Waals surface area contributed by atoms with Gasteiger partial charge in [-0.15, -0.1) is 0 Å². The number of ether oxygens (including phenoxy) is 1. The zero-order chi connectivity index (χ0) is 21.1. The molecule has 5 nitrogen and oxygen atoms in total. The van der Waals surface area contributed by atoms with Crippen LogP contribution in [0.3, 0.4) is 0 Å². The summed E-state index contributed by atoms with van der Waals surface area (Å²) in [5.41, 5.74) is 3.89. The van der Waals surface area contributed by atoms with Crippen LogP contribution in [0.15, 0.2) is 48.5 Å². The third kappa shape index (κ3) is 5.12. The van der Waals surface area contributed by atoms with Crippen LogP contribution in [0, 0.1) is 12.8 Å². The molecule has 0 amide bonds. The number of hydrogen-bond donors (Lipinski definition) is 1. The molecule has 3 aromatic rings. The van der Waals surface area contributed by atoms with E-state index < -0.39 is 9.84 Å². The van der Waals surface area contributed by atoms with E-state index in [1.807, 2.05) is 36.4 Å². The van der Waals surface area contributed by atoms with Crippen LogP contribution in [0.1, 0.15) is 23.1 Å². The van der Waals surface area contributed by atoms with Gasteiger partial charge in [-0.2, -0.15) is 0 Å². The van der Waals surface area contributed by atoms with Crippen molar-refractivity contribution in [2.45, 2.75) is 26.5 Å². The maximum atomic E-state index is 11.7. The number of nitrogens with one attached hydrogen (secondary N) is 1. The lowest BCUT2D eigenvalue weighted by Crippen LogP contribution is -2.23. The van der Waals surface area contributed by atoms with E-state index in [0.29, 0.717) is 36.4 Å². The largest absolute Gasteiger partial charge is 0.472 e. The lowest BCUT2D eigenvalue weighted by molar-refractivity contribution is 0.290. The van der Waals surface area contributed by atoms with Gasteiger partial charge < -0.3 is 10.1 Å². The summed E-state index contributed by atoms with van der Waals surface area (Å²) in [7, 11) is -2.87. The molecule has 1 atom stereocenters. The zero-order valence-corrected chi connectivity index (χ0v) is 18.5. The van der Waals surface area contributed by atoms with Gasteiger partial charge in [0.05, 0.1) is 17.0 Å². The second kappa shape index (κ2) is 8.92. The summed E-state index contributed by atoms with van der Waals surface area (Å²) in [6.45, 7) is 3.61. The number of fused-ring (bicyclic) bond motifs is 1. The summed E-state index contributed by atoms with van der Waals surface area (Å²) in [5.74, 6) is 1.30. The molecule has 1 aromatic heterocycles. The minimum absolute atomic E-state index is 0.165. The summed E-state index contributed by atoms with van der Waals surface area (Å²) in [4.78, 5) is 4.73. The van der Waals surface area contributed by atoms with Crippen molar-refractivity contribution in [3.63, 3.8) is 0 Å². The van der Waals surface area contributed by atoms with Gasteiger partial charge in [0.1, 0.15) is 6.61 Å². The molecule has 2 aromatic carbocycles. The summed E-state index contributed by atoms with van der Waals surface area (Å²) in [6, 6.07) is 15.8. The number of pyridine rings is 1. The van der Waals surface area contributed by atoms with Crippen LogP contribution >= 0.6 is 11.6 Å². The van der Waals surface area contributed by atoms with Gasteiger partial charge in [0.2, 0.25) is 5.88 Å². The van der Waals surface area contributed by atoms with E-state index in [0.717, 1.165) is 28.5 Å². The second-order valence-corrected chi connectivity index (χ2v) is 10.6. The highest BCUT2D eigenvalue weighted by Crippen LogP contribution is 2.26. The van der Waals surface area contributed by atoms with E-state index in [-0.39, 0.29) is 11.7 Å². The molecule has 7 heteroatoms. The Morgan fingerprint density at radius 2 is 2.00 bits per heavy atom. The van der Waals surface area contributed by atoms with Crippen molar-refractivity contribution in [3.05, 3.63) is 70.2 Å².